The number of amides is 1. The third kappa shape index (κ3) is 6.41. The largest absolute Gasteiger partial charge is 0.508 e. The quantitative estimate of drug-likeness (QED) is 0.199. The van der Waals surface area contributed by atoms with Crippen LogP contribution < -0.4 is 9.64 Å². The van der Waals surface area contributed by atoms with E-state index < -0.39 is 28.6 Å². The number of benzene rings is 3. The molecule has 7 rings (SSSR count). The molecule has 3 aromatic carbocycles. The average molecular weight is 707 g/mol. The number of hydrogen-bond acceptors (Lipinski definition) is 8. The number of piperidine rings is 1. The van der Waals surface area contributed by atoms with Crippen LogP contribution >= 0.6 is 0 Å². The lowest BCUT2D eigenvalue weighted by atomic mass is 9.91. The summed E-state index contributed by atoms with van der Waals surface area (Å²) in [6.07, 6.45) is 4.64. The summed E-state index contributed by atoms with van der Waals surface area (Å²) in [5, 5.41) is 22.6. The molecule has 3 aliphatic heterocycles. The molecule has 3 atom stereocenters. The summed E-state index contributed by atoms with van der Waals surface area (Å²) < 4.78 is 60.5. The molecule has 4 aromatic rings. The molecular weight excluding hydrogens is 661 g/mol. The van der Waals surface area contributed by atoms with Crippen molar-refractivity contribution in [3.8, 4) is 22.8 Å². The smallest absolute Gasteiger partial charge is 0.409 e. The number of aliphatic hydroxyl groups is 1. The Balaban J connectivity index is 1.31. The lowest BCUT2D eigenvalue weighted by Gasteiger charge is -2.39. The van der Waals surface area contributed by atoms with Gasteiger partial charge in [-0.25, -0.2) is 22.9 Å². The first-order valence-corrected chi connectivity index (χ1v) is 17.8. The van der Waals surface area contributed by atoms with E-state index in [4.69, 9.17) is 9.47 Å². The van der Waals surface area contributed by atoms with Gasteiger partial charge in [0.05, 0.1) is 22.4 Å². The van der Waals surface area contributed by atoms with Gasteiger partial charge in [0.15, 0.2) is 5.82 Å². The van der Waals surface area contributed by atoms with Gasteiger partial charge in [0, 0.05) is 44.7 Å². The minimum absolute atomic E-state index is 0.0290. The molecule has 272 valence electrons. The van der Waals surface area contributed by atoms with Crippen molar-refractivity contribution in [3.63, 3.8) is 0 Å². The number of aryl methyl sites for hydroxylation is 1. The number of aromatic nitrogens is 1. The fourth-order valence-electron chi connectivity index (χ4n) is 8.60. The maximum absolute atomic E-state index is 17.0. The lowest BCUT2D eigenvalue weighted by molar-refractivity contribution is 0.0447. The zero-order valence-electron chi connectivity index (χ0n) is 29.6. The minimum atomic E-state index is -1.01. The molecule has 3 saturated heterocycles. The summed E-state index contributed by atoms with van der Waals surface area (Å²) in [6.45, 7) is 5.70. The lowest BCUT2D eigenvalue weighted by Crippen LogP contribution is -2.48. The number of β-amino-alcohol motifs (C(OH)–C–C–N with tert-alkyl or cyclic N) is 1. The Labute approximate surface area is 295 Å². The van der Waals surface area contributed by atoms with Crippen molar-refractivity contribution in [1.29, 1.82) is 0 Å². The van der Waals surface area contributed by atoms with Crippen molar-refractivity contribution >= 4 is 33.5 Å². The maximum atomic E-state index is 17.0. The predicted molar refractivity (Wildman–Crippen MR) is 190 cm³/mol. The Morgan fingerprint density at radius 1 is 1.06 bits per heavy atom. The average Bonchev–Trinajstić information content (AvgIpc) is 3.65. The number of rotatable bonds is 8. The standard InChI is InChI=1S/C39H45F3N4O5/c1-5-26-29(40)9-8-23-16-25(47)17-28(33(23)26)34-30(41)18-27-31(45-14-6-11-38(2,49)21-45)19-32(43-36(27)35(34)42)51-22-39-12-7-15-46(39)24(10-13-39)20-50-37(48)44(3)4/h8-9,16-19,24,47,49H,5-7,10-15,20-22H2,1-4H3/t24-,38+,39+/m0/s1. The summed E-state index contributed by atoms with van der Waals surface area (Å²) in [5.41, 5.74) is -1.07. The number of fused-ring (bicyclic) bond motifs is 3. The molecule has 0 aliphatic carbocycles. The molecule has 0 unspecified atom stereocenters. The van der Waals surface area contributed by atoms with Crippen LogP contribution in [0.25, 0.3) is 32.8 Å². The molecule has 1 amide bonds. The summed E-state index contributed by atoms with van der Waals surface area (Å²) in [6, 6.07) is 8.46. The van der Waals surface area contributed by atoms with Crippen molar-refractivity contribution in [2.24, 2.45) is 0 Å². The monoisotopic (exact) mass is 706 g/mol. The number of aromatic hydroxyl groups is 1. The number of pyridine rings is 1. The van der Waals surface area contributed by atoms with Crippen LogP contribution in [0.2, 0.25) is 0 Å². The van der Waals surface area contributed by atoms with Crippen molar-refractivity contribution in [3.05, 3.63) is 59.4 Å². The van der Waals surface area contributed by atoms with E-state index in [2.05, 4.69) is 9.88 Å². The van der Waals surface area contributed by atoms with Crippen LogP contribution in [0.3, 0.4) is 0 Å². The van der Waals surface area contributed by atoms with Gasteiger partial charge in [0.1, 0.15) is 36.1 Å². The Bertz CT molecular complexity index is 2010. The van der Waals surface area contributed by atoms with E-state index in [1.807, 2.05) is 4.90 Å². The molecule has 0 radical (unpaired) electrons. The second-order valence-corrected chi connectivity index (χ2v) is 14.9. The number of phenolic OH excluding ortho intramolecular Hbond substituents is 1. The first-order valence-electron chi connectivity index (χ1n) is 17.8. The summed E-state index contributed by atoms with van der Waals surface area (Å²) in [5.74, 6) is -2.40. The highest BCUT2D eigenvalue weighted by atomic mass is 19.1. The van der Waals surface area contributed by atoms with Crippen LogP contribution in [0, 0.1) is 17.5 Å². The Morgan fingerprint density at radius 3 is 2.59 bits per heavy atom. The molecular formula is C39H45F3N4O5. The topological polar surface area (TPSA) is 98.6 Å². The van der Waals surface area contributed by atoms with Crippen molar-refractivity contribution in [2.45, 2.75) is 76.0 Å². The van der Waals surface area contributed by atoms with Gasteiger partial charge >= 0.3 is 6.09 Å². The highest BCUT2D eigenvalue weighted by molar-refractivity contribution is 6.03. The van der Waals surface area contributed by atoms with E-state index in [9.17, 15) is 15.0 Å². The number of hydrogen-bond donors (Lipinski definition) is 2. The van der Waals surface area contributed by atoms with Gasteiger partial charge in [-0.05, 0) is 105 Å². The first kappa shape index (κ1) is 35.1. The predicted octanol–water partition coefficient (Wildman–Crippen LogP) is 7.17. The number of carbonyl (C=O) groups excluding carboxylic acids is 1. The summed E-state index contributed by atoms with van der Waals surface area (Å²) >= 11 is 0. The second-order valence-electron chi connectivity index (χ2n) is 14.9. The Morgan fingerprint density at radius 2 is 1.84 bits per heavy atom. The van der Waals surface area contributed by atoms with Gasteiger partial charge in [0.2, 0.25) is 5.88 Å². The first-order chi connectivity index (χ1) is 24.3. The third-order valence-electron chi connectivity index (χ3n) is 11.0. The van der Waals surface area contributed by atoms with Gasteiger partial charge < -0.3 is 29.5 Å². The van der Waals surface area contributed by atoms with Gasteiger partial charge in [-0.3, -0.25) is 4.90 Å². The molecule has 0 spiro atoms. The van der Waals surface area contributed by atoms with Gasteiger partial charge in [-0.2, -0.15) is 0 Å². The number of carbonyl (C=O) groups is 1. The third-order valence-corrected chi connectivity index (χ3v) is 11.0. The molecule has 2 N–H and O–H groups in total. The number of ether oxygens (including phenoxy) is 2. The molecule has 12 heteroatoms. The van der Waals surface area contributed by atoms with Crippen LogP contribution in [-0.4, -0.2) is 95.2 Å². The van der Waals surface area contributed by atoms with Gasteiger partial charge in [0.25, 0.3) is 0 Å². The van der Waals surface area contributed by atoms with E-state index in [-0.39, 0.29) is 77.5 Å². The SMILES string of the molecule is CCc1c(F)ccc2cc(O)cc(-c3c(F)cc4c(N5CCC[C@@](C)(O)C5)cc(OC[C@]56CCCN5[C@H](COC(=O)N(C)C)CC6)nc4c3F)c12. The van der Waals surface area contributed by atoms with E-state index >= 15 is 13.2 Å². The van der Waals surface area contributed by atoms with Crippen LogP contribution in [0.1, 0.15) is 57.9 Å². The van der Waals surface area contributed by atoms with E-state index in [1.54, 1.807) is 34.0 Å². The molecule has 0 saturated carbocycles. The molecule has 1 aromatic heterocycles. The van der Waals surface area contributed by atoms with Gasteiger partial charge in [-0.15, -0.1) is 0 Å². The van der Waals surface area contributed by atoms with Crippen LogP contribution in [0.15, 0.2) is 36.4 Å². The van der Waals surface area contributed by atoms with Crippen molar-refractivity contribution in [1.82, 2.24) is 14.8 Å². The molecule has 9 nitrogen and oxygen atoms in total. The van der Waals surface area contributed by atoms with Crippen LogP contribution in [0.4, 0.5) is 23.7 Å². The van der Waals surface area contributed by atoms with Crippen molar-refractivity contribution < 1.29 is 37.7 Å². The normalized spacial score (nSPS) is 23.6. The molecule has 0 bridgehead atoms. The minimum Gasteiger partial charge on any atom is -0.508 e. The van der Waals surface area contributed by atoms with E-state index in [0.717, 1.165) is 32.2 Å². The highest BCUT2D eigenvalue weighted by Crippen LogP contribution is 2.45. The number of anilines is 1. The van der Waals surface area contributed by atoms with Crippen molar-refractivity contribution in [2.75, 3.05) is 51.8 Å². The fourth-order valence-corrected chi connectivity index (χ4v) is 8.60. The number of nitrogens with zero attached hydrogens (tertiary/aromatic N) is 4. The Kier molecular flexibility index (Phi) is 9.20. The van der Waals surface area contributed by atoms with Crippen LogP contribution in [0.5, 0.6) is 11.6 Å². The molecule has 4 heterocycles. The van der Waals surface area contributed by atoms with E-state index in [0.29, 0.717) is 35.8 Å². The molecule has 3 fully saturated rings. The molecule has 51 heavy (non-hydrogen) atoms. The van der Waals surface area contributed by atoms with Crippen LogP contribution in [-0.2, 0) is 11.2 Å². The Hall–Kier alpha value is -4.29. The summed E-state index contributed by atoms with van der Waals surface area (Å²) in [7, 11) is 3.30. The number of halogens is 3. The van der Waals surface area contributed by atoms with Gasteiger partial charge in [-0.1, -0.05) is 13.0 Å². The second kappa shape index (κ2) is 13.4. The fraction of sp³-hybridized carbons (Fsp3) is 0.487. The zero-order chi connectivity index (χ0) is 36.2. The highest BCUT2D eigenvalue weighted by Gasteiger charge is 2.50. The van der Waals surface area contributed by atoms with E-state index in [1.165, 1.54) is 35.2 Å². The molecule has 3 aliphatic rings. The zero-order valence-corrected chi connectivity index (χ0v) is 29.6. The maximum Gasteiger partial charge on any atom is 0.409 e. The number of phenols is 1. The summed E-state index contributed by atoms with van der Waals surface area (Å²) in [4.78, 5) is 22.4.